The van der Waals surface area contributed by atoms with Crippen LogP contribution in [0.2, 0.25) is 0 Å². The van der Waals surface area contributed by atoms with Crippen LogP contribution in [0.3, 0.4) is 0 Å². The molecule has 108 valence electrons. The molecule has 2 aromatic carbocycles. The molecular formula is C17H12N2O3. The van der Waals surface area contributed by atoms with Crippen LogP contribution in [0.4, 0.5) is 0 Å². The third-order valence-electron chi connectivity index (χ3n) is 2.85. The Morgan fingerprint density at radius 2 is 1.82 bits per heavy atom. The second-order valence-electron chi connectivity index (χ2n) is 4.25. The molecule has 0 saturated heterocycles. The molecule has 0 atom stereocenters. The molecule has 0 N–H and O–H groups in total. The number of rotatable bonds is 4. The second-order valence-corrected chi connectivity index (χ2v) is 4.25. The van der Waals surface area contributed by atoms with Crippen molar-refractivity contribution in [2.45, 2.75) is 6.92 Å². The first-order valence-electron chi connectivity index (χ1n) is 6.57. The predicted octanol–water partition coefficient (Wildman–Crippen LogP) is 3.40. The van der Waals surface area contributed by atoms with Gasteiger partial charge in [-0.1, -0.05) is 6.07 Å². The Kier molecular flexibility index (Phi) is 4.74. The number of benzene rings is 2. The number of nitrogens with zero attached hydrogens (tertiary/aromatic N) is 2. The zero-order valence-corrected chi connectivity index (χ0v) is 11.9. The van der Waals surface area contributed by atoms with Gasteiger partial charge in [-0.2, -0.15) is 10.5 Å². The van der Waals surface area contributed by atoms with E-state index >= 15 is 0 Å². The quantitative estimate of drug-likeness (QED) is 0.806. The van der Waals surface area contributed by atoms with Crippen LogP contribution >= 0.6 is 0 Å². The molecule has 0 fully saturated rings. The van der Waals surface area contributed by atoms with Crippen LogP contribution in [-0.2, 0) is 4.74 Å². The van der Waals surface area contributed by atoms with Crippen molar-refractivity contribution in [3.63, 3.8) is 0 Å². The van der Waals surface area contributed by atoms with Gasteiger partial charge >= 0.3 is 5.97 Å². The molecule has 5 nitrogen and oxygen atoms in total. The van der Waals surface area contributed by atoms with E-state index in [0.717, 1.165) is 0 Å². The summed E-state index contributed by atoms with van der Waals surface area (Å²) in [5, 5.41) is 18.1. The van der Waals surface area contributed by atoms with Crippen molar-refractivity contribution in [1.82, 2.24) is 0 Å². The largest absolute Gasteiger partial charge is 0.462 e. The highest BCUT2D eigenvalue weighted by atomic mass is 16.5. The lowest BCUT2D eigenvalue weighted by molar-refractivity contribution is 0.0526. The molecule has 2 rings (SSSR count). The van der Waals surface area contributed by atoms with E-state index in [1.807, 2.05) is 12.1 Å². The van der Waals surface area contributed by atoms with Crippen molar-refractivity contribution in [3.05, 3.63) is 59.2 Å². The van der Waals surface area contributed by atoms with Gasteiger partial charge in [0, 0.05) is 0 Å². The molecule has 0 heterocycles. The fourth-order valence-corrected chi connectivity index (χ4v) is 1.83. The molecule has 0 aliphatic heterocycles. The standard InChI is InChI=1S/C17H12N2O3/c1-2-21-17(20)12-6-8-14(9-7-12)22-16-5-3-4-13(10-18)15(16)11-19/h3-9H,2H2,1H3. The van der Waals surface area contributed by atoms with E-state index in [0.29, 0.717) is 23.7 Å². The summed E-state index contributed by atoms with van der Waals surface area (Å²) in [5.74, 6) is 0.350. The first kappa shape index (κ1) is 15.1. The van der Waals surface area contributed by atoms with Crippen molar-refractivity contribution in [3.8, 4) is 23.6 Å². The topological polar surface area (TPSA) is 83.1 Å². The van der Waals surface area contributed by atoms with Crippen molar-refractivity contribution in [1.29, 1.82) is 10.5 Å². The normalized spacial score (nSPS) is 9.41. The van der Waals surface area contributed by atoms with Gasteiger partial charge in [0.25, 0.3) is 0 Å². The Balaban J connectivity index is 2.24. The average molecular weight is 292 g/mol. The van der Waals surface area contributed by atoms with Crippen molar-refractivity contribution >= 4 is 5.97 Å². The van der Waals surface area contributed by atoms with E-state index in [-0.39, 0.29) is 11.1 Å². The van der Waals surface area contributed by atoms with Gasteiger partial charge in [-0.15, -0.1) is 0 Å². The van der Waals surface area contributed by atoms with E-state index in [4.69, 9.17) is 20.0 Å². The zero-order chi connectivity index (χ0) is 15.9. The predicted molar refractivity (Wildman–Crippen MR) is 78.3 cm³/mol. The summed E-state index contributed by atoms with van der Waals surface area (Å²) in [6.07, 6.45) is 0. The fourth-order valence-electron chi connectivity index (χ4n) is 1.83. The number of esters is 1. The number of hydrogen-bond donors (Lipinski definition) is 0. The zero-order valence-electron chi connectivity index (χ0n) is 11.9. The highest BCUT2D eigenvalue weighted by molar-refractivity contribution is 5.89. The first-order valence-corrected chi connectivity index (χ1v) is 6.57. The monoisotopic (exact) mass is 292 g/mol. The molecule has 2 aromatic rings. The van der Waals surface area contributed by atoms with Crippen molar-refractivity contribution in [2.75, 3.05) is 6.61 Å². The van der Waals surface area contributed by atoms with Gasteiger partial charge < -0.3 is 9.47 Å². The molecule has 0 aliphatic rings. The molecule has 0 bridgehead atoms. The molecule has 0 radical (unpaired) electrons. The van der Waals surface area contributed by atoms with Gasteiger partial charge in [0.15, 0.2) is 0 Å². The Morgan fingerprint density at radius 3 is 2.41 bits per heavy atom. The summed E-state index contributed by atoms with van der Waals surface area (Å²) in [4.78, 5) is 11.6. The third-order valence-corrected chi connectivity index (χ3v) is 2.85. The van der Waals surface area contributed by atoms with Gasteiger partial charge in [0.2, 0.25) is 0 Å². The number of carbonyl (C=O) groups is 1. The number of nitriles is 2. The van der Waals surface area contributed by atoms with Crippen LogP contribution < -0.4 is 4.74 Å². The molecule has 0 saturated carbocycles. The lowest BCUT2D eigenvalue weighted by Crippen LogP contribution is -2.04. The molecule has 0 aliphatic carbocycles. The maximum absolute atomic E-state index is 11.6. The average Bonchev–Trinajstić information content (AvgIpc) is 2.55. The van der Waals surface area contributed by atoms with Crippen LogP contribution in [0.15, 0.2) is 42.5 Å². The lowest BCUT2D eigenvalue weighted by Gasteiger charge is -2.08. The van der Waals surface area contributed by atoms with E-state index in [9.17, 15) is 4.79 Å². The van der Waals surface area contributed by atoms with Gasteiger partial charge in [-0.05, 0) is 43.3 Å². The lowest BCUT2D eigenvalue weighted by atomic mass is 10.1. The van der Waals surface area contributed by atoms with Crippen LogP contribution in [0.25, 0.3) is 0 Å². The molecular weight excluding hydrogens is 280 g/mol. The van der Waals surface area contributed by atoms with Gasteiger partial charge in [-0.3, -0.25) is 0 Å². The number of hydrogen-bond acceptors (Lipinski definition) is 5. The molecule has 0 spiro atoms. The molecule has 0 aromatic heterocycles. The maximum Gasteiger partial charge on any atom is 0.338 e. The Morgan fingerprint density at radius 1 is 1.09 bits per heavy atom. The fraction of sp³-hybridized carbons (Fsp3) is 0.118. The smallest absolute Gasteiger partial charge is 0.338 e. The van der Waals surface area contributed by atoms with Gasteiger partial charge in [0.05, 0.1) is 17.7 Å². The maximum atomic E-state index is 11.6. The van der Waals surface area contributed by atoms with E-state index in [1.165, 1.54) is 0 Å². The molecule has 5 heteroatoms. The molecule has 0 amide bonds. The molecule has 0 unspecified atom stereocenters. The minimum atomic E-state index is -0.404. The summed E-state index contributed by atoms with van der Waals surface area (Å²) in [7, 11) is 0. The first-order chi connectivity index (χ1) is 10.7. The van der Waals surface area contributed by atoms with Crippen LogP contribution in [-0.4, -0.2) is 12.6 Å². The Labute approximate surface area is 127 Å². The van der Waals surface area contributed by atoms with Crippen molar-refractivity contribution in [2.24, 2.45) is 0 Å². The van der Waals surface area contributed by atoms with Crippen LogP contribution in [0.5, 0.6) is 11.5 Å². The van der Waals surface area contributed by atoms with E-state index in [2.05, 4.69) is 0 Å². The highest BCUT2D eigenvalue weighted by Crippen LogP contribution is 2.27. The molecule has 22 heavy (non-hydrogen) atoms. The van der Waals surface area contributed by atoms with Gasteiger partial charge in [-0.25, -0.2) is 4.79 Å². The van der Waals surface area contributed by atoms with Gasteiger partial charge in [0.1, 0.15) is 29.2 Å². The third kappa shape index (κ3) is 3.23. The summed E-state index contributed by atoms with van der Waals surface area (Å²) >= 11 is 0. The summed E-state index contributed by atoms with van der Waals surface area (Å²) in [6.45, 7) is 2.05. The highest BCUT2D eigenvalue weighted by Gasteiger charge is 2.11. The Hall–Kier alpha value is -3.31. The SMILES string of the molecule is CCOC(=O)c1ccc(Oc2cccc(C#N)c2C#N)cc1. The minimum absolute atomic E-state index is 0.180. The van der Waals surface area contributed by atoms with E-state index in [1.54, 1.807) is 49.4 Å². The Bertz CT molecular complexity index is 768. The second kappa shape index (κ2) is 6.92. The van der Waals surface area contributed by atoms with E-state index < -0.39 is 5.97 Å². The number of carbonyl (C=O) groups excluding carboxylic acids is 1. The summed E-state index contributed by atoms with van der Waals surface area (Å²) in [6, 6.07) is 15.1. The summed E-state index contributed by atoms with van der Waals surface area (Å²) < 4.78 is 10.5. The van der Waals surface area contributed by atoms with Crippen molar-refractivity contribution < 1.29 is 14.3 Å². The van der Waals surface area contributed by atoms with Crippen LogP contribution in [0, 0.1) is 22.7 Å². The summed E-state index contributed by atoms with van der Waals surface area (Å²) in [5.41, 5.74) is 0.850. The number of ether oxygens (including phenoxy) is 2. The van der Waals surface area contributed by atoms with Crippen LogP contribution in [0.1, 0.15) is 28.4 Å². The minimum Gasteiger partial charge on any atom is -0.462 e.